The van der Waals surface area contributed by atoms with Crippen LogP contribution in [0.3, 0.4) is 0 Å². The van der Waals surface area contributed by atoms with Crippen LogP contribution in [0.4, 0.5) is 0 Å². The molecule has 8 heteroatoms. The fourth-order valence-electron chi connectivity index (χ4n) is 1.59. The zero-order chi connectivity index (χ0) is 17.2. The second-order valence-electron chi connectivity index (χ2n) is 4.76. The topological polar surface area (TPSA) is 76.0 Å². The molecule has 0 aromatic rings. The van der Waals surface area contributed by atoms with Crippen LogP contribution in [0.25, 0.3) is 0 Å². The molecule has 0 spiro atoms. The molecule has 0 radical (unpaired) electrons. The number of aliphatic imine (C=N–C) groups is 1. The number of carbonyl (C=O) groups is 3. The minimum Gasteiger partial charge on any atom is -0.330 e. The highest BCUT2D eigenvalue weighted by Gasteiger charge is 2.32. The first-order chi connectivity index (χ1) is 11.0. The predicted molar refractivity (Wildman–Crippen MR) is 93.5 cm³/mol. The lowest BCUT2D eigenvalue weighted by molar-refractivity contribution is -0.197. The minimum atomic E-state index is -0.572. The number of allylic oxidation sites excluding steroid dienone is 3. The van der Waals surface area contributed by atoms with E-state index in [4.69, 9.17) is 4.84 Å². The molecule has 0 N–H and O–H groups in total. The number of rotatable bonds is 9. The molecule has 126 valence electrons. The number of hydrogen-bond acceptors (Lipinski definition) is 7. The summed E-state index contributed by atoms with van der Waals surface area (Å²) in [5.41, 5.74) is 0. The number of amides is 2. The number of hydroxylamine groups is 2. The smallest absolute Gasteiger partial charge is 0.330 e. The van der Waals surface area contributed by atoms with Crippen LogP contribution in [0.5, 0.6) is 0 Å². The Morgan fingerprint density at radius 1 is 1.43 bits per heavy atom. The molecule has 0 bridgehead atoms. The summed E-state index contributed by atoms with van der Waals surface area (Å²) in [5.74, 6) is -1.49. The highest BCUT2D eigenvalue weighted by molar-refractivity contribution is 8.78. The molecule has 1 aliphatic rings. The van der Waals surface area contributed by atoms with Gasteiger partial charge in [-0.2, -0.15) is 0 Å². The SMILES string of the molecule is C=N/C(=C\C=C/C)SSC(C)CCC(=O)ON1C(=O)CCC1=O. The van der Waals surface area contributed by atoms with Gasteiger partial charge in [0.05, 0.1) is 0 Å². The first-order valence-corrected chi connectivity index (χ1v) is 9.38. The van der Waals surface area contributed by atoms with Gasteiger partial charge in [-0.25, -0.2) is 4.79 Å². The van der Waals surface area contributed by atoms with E-state index in [-0.39, 0.29) is 24.5 Å². The first-order valence-electron chi connectivity index (χ1n) is 7.17. The third-order valence-corrected chi connectivity index (χ3v) is 5.72. The van der Waals surface area contributed by atoms with Crippen molar-refractivity contribution in [3.8, 4) is 0 Å². The lowest BCUT2D eigenvalue weighted by Crippen LogP contribution is -2.32. The summed E-state index contributed by atoms with van der Waals surface area (Å²) in [4.78, 5) is 43.1. The standard InChI is InChI=1S/C15H20N2O4S2/c1-4-5-6-12(16-3)23-22-11(2)7-10-15(20)21-17-13(18)8-9-14(17)19/h4-6,11H,3,7-10H2,1-2H3/b5-4-,12-6+. The van der Waals surface area contributed by atoms with Gasteiger partial charge in [0.25, 0.3) is 11.8 Å². The molecule has 1 atom stereocenters. The van der Waals surface area contributed by atoms with E-state index in [1.165, 1.54) is 10.8 Å². The molecule has 0 aromatic heterocycles. The molecule has 1 saturated heterocycles. The van der Waals surface area contributed by atoms with E-state index in [0.717, 1.165) is 5.03 Å². The summed E-state index contributed by atoms with van der Waals surface area (Å²) in [7, 11) is 3.05. The summed E-state index contributed by atoms with van der Waals surface area (Å²) in [5, 5.41) is 1.54. The normalized spacial score (nSPS) is 17.0. The molecule has 1 fully saturated rings. The third-order valence-electron chi connectivity index (χ3n) is 2.84. The summed E-state index contributed by atoms with van der Waals surface area (Å²) in [6.07, 6.45) is 6.55. The van der Waals surface area contributed by atoms with Crippen LogP contribution in [-0.4, -0.2) is 34.8 Å². The van der Waals surface area contributed by atoms with Gasteiger partial charge >= 0.3 is 5.97 Å². The van der Waals surface area contributed by atoms with Gasteiger partial charge in [-0.05, 0) is 36.9 Å². The Morgan fingerprint density at radius 3 is 2.65 bits per heavy atom. The van der Waals surface area contributed by atoms with Crippen molar-refractivity contribution >= 4 is 46.1 Å². The van der Waals surface area contributed by atoms with Crippen molar-refractivity contribution < 1.29 is 19.2 Å². The van der Waals surface area contributed by atoms with E-state index in [1.807, 2.05) is 32.1 Å². The Kier molecular flexibility index (Phi) is 8.71. The van der Waals surface area contributed by atoms with Crippen molar-refractivity contribution in [3.05, 3.63) is 23.3 Å². The fourth-order valence-corrected chi connectivity index (χ4v) is 3.66. The van der Waals surface area contributed by atoms with E-state index in [9.17, 15) is 14.4 Å². The number of hydrogen-bond donors (Lipinski definition) is 0. The van der Waals surface area contributed by atoms with Crippen molar-refractivity contribution in [2.24, 2.45) is 4.99 Å². The van der Waals surface area contributed by atoms with E-state index in [2.05, 4.69) is 11.7 Å². The Bertz CT molecular complexity index is 516. The Morgan fingerprint density at radius 2 is 2.09 bits per heavy atom. The van der Waals surface area contributed by atoms with Gasteiger partial charge in [0.2, 0.25) is 0 Å². The van der Waals surface area contributed by atoms with Crippen molar-refractivity contribution in [1.82, 2.24) is 5.06 Å². The lowest BCUT2D eigenvalue weighted by atomic mass is 10.2. The van der Waals surface area contributed by atoms with Crippen LogP contribution in [0.2, 0.25) is 0 Å². The number of imide groups is 1. The first kappa shape index (κ1) is 19.5. The quantitative estimate of drug-likeness (QED) is 0.273. The van der Waals surface area contributed by atoms with Crippen LogP contribution in [0.15, 0.2) is 28.2 Å². The van der Waals surface area contributed by atoms with Gasteiger partial charge in [-0.1, -0.05) is 29.9 Å². The second-order valence-corrected chi connectivity index (χ2v) is 7.42. The summed E-state index contributed by atoms with van der Waals surface area (Å²) >= 11 is 0. The van der Waals surface area contributed by atoms with Crippen LogP contribution < -0.4 is 0 Å². The molecule has 0 aliphatic carbocycles. The van der Waals surface area contributed by atoms with Crippen LogP contribution >= 0.6 is 21.6 Å². The Labute approximate surface area is 143 Å². The molecule has 1 rings (SSSR count). The van der Waals surface area contributed by atoms with E-state index < -0.39 is 17.8 Å². The van der Waals surface area contributed by atoms with Crippen molar-refractivity contribution in [2.45, 2.75) is 44.8 Å². The van der Waals surface area contributed by atoms with E-state index in [1.54, 1.807) is 10.8 Å². The maximum absolute atomic E-state index is 11.7. The summed E-state index contributed by atoms with van der Waals surface area (Å²) in [6.45, 7) is 7.40. The second kappa shape index (κ2) is 10.3. The number of nitrogens with zero attached hydrogens (tertiary/aromatic N) is 2. The van der Waals surface area contributed by atoms with E-state index >= 15 is 0 Å². The molecule has 23 heavy (non-hydrogen) atoms. The Hall–Kier alpha value is -1.54. The van der Waals surface area contributed by atoms with Gasteiger partial charge in [0.15, 0.2) is 0 Å². The van der Waals surface area contributed by atoms with Crippen molar-refractivity contribution in [1.29, 1.82) is 0 Å². The molecule has 6 nitrogen and oxygen atoms in total. The highest BCUT2D eigenvalue weighted by atomic mass is 33.1. The van der Waals surface area contributed by atoms with E-state index in [0.29, 0.717) is 11.5 Å². The molecule has 0 saturated carbocycles. The maximum atomic E-state index is 11.7. The summed E-state index contributed by atoms with van der Waals surface area (Å²) < 4.78 is 0. The molecular weight excluding hydrogens is 336 g/mol. The zero-order valence-corrected chi connectivity index (χ0v) is 14.8. The highest BCUT2D eigenvalue weighted by Crippen LogP contribution is 2.35. The fraction of sp³-hybridized carbons (Fsp3) is 0.467. The molecule has 2 amide bonds. The molecule has 1 heterocycles. The van der Waals surface area contributed by atoms with Crippen molar-refractivity contribution in [3.63, 3.8) is 0 Å². The Balaban J connectivity index is 2.31. The van der Waals surface area contributed by atoms with Crippen LogP contribution in [-0.2, 0) is 19.2 Å². The largest absolute Gasteiger partial charge is 0.333 e. The van der Waals surface area contributed by atoms with Gasteiger partial charge in [-0.15, -0.1) is 5.06 Å². The van der Waals surface area contributed by atoms with Crippen LogP contribution in [0.1, 0.15) is 39.5 Å². The van der Waals surface area contributed by atoms with Gasteiger partial charge in [0, 0.05) is 24.5 Å². The van der Waals surface area contributed by atoms with Crippen molar-refractivity contribution in [2.75, 3.05) is 0 Å². The molecule has 1 unspecified atom stereocenters. The average Bonchev–Trinajstić information content (AvgIpc) is 2.85. The summed E-state index contributed by atoms with van der Waals surface area (Å²) in [6, 6.07) is 0. The predicted octanol–water partition coefficient (Wildman–Crippen LogP) is 3.26. The minimum absolute atomic E-state index is 0.102. The molecular formula is C15H20N2O4S2. The zero-order valence-electron chi connectivity index (χ0n) is 13.2. The number of carbonyl (C=O) groups excluding carboxylic acids is 3. The third kappa shape index (κ3) is 7.04. The van der Waals surface area contributed by atoms with Gasteiger partial charge in [-0.3, -0.25) is 14.6 Å². The lowest BCUT2D eigenvalue weighted by Gasteiger charge is -2.14. The average molecular weight is 356 g/mol. The monoisotopic (exact) mass is 356 g/mol. The molecule has 0 aromatic carbocycles. The van der Waals surface area contributed by atoms with Gasteiger partial charge in [0.1, 0.15) is 5.03 Å². The van der Waals surface area contributed by atoms with Gasteiger partial charge < -0.3 is 4.84 Å². The molecule has 1 aliphatic heterocycles. The van der Waals surface area contributed by atoms with Crippen LogP contribution in [0, 0.1) is 0 Å². The maximum Gasteiger partial charge on any atom is 0.333 e.